The molecule has 0 atom stereocenters. The van der Waals surface area contributed by atoms with E-state index < -0.39 is 5.60 Å². The maximum Gasteiger partial charge on any atom is 0.177 e. The lowest BCUT2D eigenvalue weighted by molar-refractivity contribution is 0.0577. The first kappa shape index (κ1) is 18.8. The fraction of sp³-hybridized carbons (Fsp3) is 0.227. The summed E-state index contributed by atoms with van der Waals surface area (Å²) in [6.07, 6.45) is 7.32. The van der Waals surface area contributed by atoms with Crippen molar-refractivity contribution in [3.8, 4) is 22.5 Å². The van der Waals surface area contributed by atoms with Crippen LogP contribution in [0.2, 0.25) is 0 Å². The van der Waals surface area contributed by atoms with E-state index in [0.717, 1.165) is 43.6 Å². The van der Waals surface area contributed by atoms with Gasteiger partial charge < -0.3 is 15.3 Å². The standard InChI is InChI=1S/C22H21N5O2S/c1-12-16(9-27(26-12)11-22(2,3)28)15-7-25-21(23)20-14(15)6-18(29-20)17-10-30-19-8-24-5-4-13(17)19/h4-10,28H,11H2,1-3H3,(H2,23,25). The highest BCUT2D eigenvalue weighted by molar-refractivity contribution is 7.17. The number of fused-ring (bicyclic) bond motifs is 2. The summed E-state index contributed by atoms with van der Waals surface area (Å²) in [5, 5.41) is 18.7. The monoisotopic (exact) mass is 419 g/mol. The van der Waals surface area contributed by atoms with Crippen LogP contribution in [0.3, 0.4) is 0 Å². The van der Waals surface area contributed by atoms with Gasteiger partial charge in [0, 0.05) is 57.6 Å². The van der Waals surface area contributed by atoms with Crippen LogP contribution >= 0.6 is 11.3 Å². The van der Waals surface area contributed by atoms with Crippen LogP contribution in [-0.2, 0) is 6.54 Å². The van der Waals surface area contributed by atoms with Crippen LogP contribution in [0, 0.1) is 6.92 Å². The van der Waals surface area contributed by atoms with Gasteiger partial charge in [0.15, 0.2) is 11.4 Å². The first-order valence-electron chi connectivity index (χ1n) is 9.56. The maximum atomic E-state index is 10.1. The molecule has 5 aromatic heterocycles. The summed E-state index contributed by atoms with van der Waals surface area (Å²) in [6.45, 7) is 5.86. The molecule has 152 valence electrons. The number of pyridine rings is 2. The highest BCUT2D eigenvalue weighted by Crippen LogP contribution is 2.40. The van der Waals surface area contributed by atoms with Gasteiger partial charge in [-0.3, -0.25) is 9.67 Å². The van der Waals surface area contributed by atoms with Crippen molar-refractivity contribution in [2.75, 3.05) is 5.73 Å². The molecule has 30 heavy (non-hydrogen) atoms. The van der Waals surface area contributed by atoms with Gasteiger partial charge >= 0.3 is 0 Å². The SMILES string of the molecule is Cc1nn(CC(C)(C)O)cc1-c1cnc(N)c2oc(-c3csc4cnccc34)cc12. The Bertz CT molecular complexity index is 1390. The first-order chi connectivity index (χ1) is 14.3. The van der Waals surface area contributed by atoms with Crippen LogP contribution in [0.15, 0.2) is 46.7 Å². The van der Waals surface area contributed by atoms with Gasteiger partial charge in [-0.25, -0.2) is 4.98 Å². The van der Waals surface area contributed by atoms with Gasteiger partial charge in [0.25, 0.3) is 0 Å². The predicted molar refractivity (Wildman–Crippen MR) is 119 cm³/mol. The molecule has 0 saturated carbocycles. The van der Waals surface area contributed by atoms with E-state index in [9.17, 15) is 5.11 Å². The van der Waals surface area contributed by atoms with Crippen molar-refractivity contribution >= 4 is 38.2 Å². The molecule has 0 fully saturated rings. The Kier molecular flexibility index (Phi) is 4.16. The maximum absolute atomic E-state index is 10.1. The summed E-state index contributed by atoms with van der Waals surface area (Å²) in [4.78, 5) is 8.55. The number of nitrogen functional groups attached to an aromatic ring is 1. The van der Waals surface area contributed by atoms with Crippen LogP contribution < -0.4 is 5.73 Å². The number of hydrogen-bond acceptors (Lipinski definition) is 7. The molecule has 0 aliphatic rings. The van der Waals surface area contributed by atoms with E-state index in [-0.39, 0.29) is 0 Å². The van der Waals surface area contributed by atoms with E-state index >= 15 is 0 Å². The second kappa shape index (κ2) is 6.65. The van der Waals surface area contributed by atoms with Crippen LogP contribution in [0.4, 0.5) is 5.82 Å². The second-order valence-corrected chi connectivity index (χ2v) is 8.98. The molecular weight excluding hydrogens is 398 g/mol. The lowest BCUT2D eigenvalue weighted by atomic mass is 10.0. The van der Waals surface area contributed by atoms with Crippen LogP contribution in [-0.4, -0.2) is 30.5 Å². The Morgan fingerprint density at radius 3 is 2.83 bits per heavy atom. The minimum atomic E-state index is -0.859. The molecule has 0 radical (unpaired) electrons. The second-order valence-electron chi connectivity index (χ2n) is 8.07. The fourth-order valence-corrected chi connectivity index (χ4v) is 4.64. The zero-order valence-electron chi connectivity index (χ0n) is 16.9. The molecule has 8 heteroatoms. The van der Waals surface area contributed by atoms with Crippen LogP contribution in [0.25, 0.3) is 43.5 Å². The molecule has 0 unspecified atom stereocenters. The summed E-state index contributed by atoms with van der Waals surface area (Å²) >= 11 is 1.63. The highest BCUT2D eigenvalue weighted by Gasteiger charge is 2.20. The number of aliphatic hydroxyl groups is 1. The van der Waals surface area contributed by atoms with Crippen molar-refractivity contribution in [2.24, 2.45) is 0 Å². The van der Waals surface area contributed by atoms with E-state index in [1.807, 2.05) is 31.5 Å². The number of hydrogen-bond donors (Lipinski definition) is 2. The van der Waals surface area contributed by atoms with Gasteiger partial charge in [0.1, 0.15) is 5.76 Å². The molecule has 5 heterocycles. The number of aryl methyl sites for hydroxylation is 1. The van der Waals surface area contributed by atoms with Crippen LogP contribution in [0.5, 0.6) is 0 Å². The molecule has 0 bridgehead atoms. The van der Waals surface area contributed by atoms with Crippen molar-refractivity contribution in [1.29, 1.82) is 0 Å². The summed E-state index contributed by atoms with van der Waals surface area (Å²) in [5.74, 6) is 1.09. The molecule has 0 amide bonds. The summed E-state index contributed by atoms with van der Waals surface area (Å²) in [7, 11) is 0. The Hall–Kier alpha value is -3.23. The minimum absolute atomic E-state index is 0.350. The van der Waals surface area contributed by atoms with Gasteiger partial charge in [-0.2, -0.15) is 5.10 Å². The van der Waals surface area contributed by atoms with Gasteiger partial charge in [-0.15, -0.1) is 11.3 Å². The molecule has 0 aliphatic carbocycles. The third-order valence-corrected chi connectivity index (χ3v) is 5.95. The number of aromatic nitrogens is 4. The zero-order valence-corrected chi connectivity index (χ0v) is 17.7. The van der Waals surface area contributed by atoms with E-state index in [1.54, 1.807) is 42.3 Å². The van der Waals surface area contributed by atoms with Gasteiger partial charge in [0.2, 0.25) is 0 Å². The molecule has 0 saturated heterocycles. The van der Waals surface area contributed by atoms with E-state index in [4.69, 9.17) is 10.2 Å². The Morgan fingerprint density at radius 2 is 2.03 bits per heavy atom. The number of nitrogens with two attached hydrogens (primary N) is 1. The summed E-state index contributed by atoms with van der Waals surface area (Å²) < 4.78 is 9.03. The van der Waals surface area contributed by atoms with E-state index in [2.05, 4.69) is 20.4 Å². The normalized spacial score (nSPS) is 12.3. The molecule has 0 aromatic carbocycles. The Balaban J connectivity index is 1.67. The molecule has 5 aromatic rings. The smallest absolute Gasteiger partial charge is 0.177 e. The molecular formula is C22H21N5O2S. The summed E-state index contributed by atoms with van der Waals surface area (Å²) in [6, 6.07) is 4.00. The van der Waals surface area contributed by atoms with Crippen molar-refractivity contribution in [3.05, 3.63) is 48.0 Å². The fourth-order valence-electron chi connectivity index (χ4n) is 3.72. The molecule has 0 aliphatic heterocycles. The third kappa shape index (κ3) is 3.14. The number of rotatable bonds is 4. The van der Waals surface area contributed by atoms with Crippen LogP contribution in [0.1, 0.15) is 19.5 Å². The predicted octanol–water partition coefficient (Wildman–Crippen LogP) is 4.63. The van der Waals surface area contributed by atoms with Crippen molar-refractivity contribution < 1.29 is 9.52 Å². The molecule has 0 spiro atoms. The van der Waals surface area contributed by atoms with Gasteiger partial charge in [0.05, 0.1) is 22.5 Å². The van der Waals surface area contributed by atoms with Crippen molar-refractivity contribution in [2.45, 2.75) is 32.9 Å². The lowest BCUT2D eigenvalue weighted by Gasteiger charge is -2.16. The molecule has 3 N–H and O–H groups in total. The third-order valence-electron chi connectivity index (χ3n) is 5.02. The quantitative estimate of drug-likeness (QED) is 0.440. The Labute approximate surface area is 176 Å². The number of nitrogens with zero attached hydrogens (tertiary/aromatic N) is 4. The van der Waals surface area contributed by atoms with E-state index in [0.29, 0.717) is 17.9 Å². The molecule has 7 nitrogen and oxygen atoms in total. The minimum Gasteiger partial charge on any atom is -0.452 e. The number of anilines is 1. The van der Waals surface area contributed by atoms with Crippen molar-refractivity contribution in [1.82, 2.24) is 19.7 Å². The Morgan fingerprint density at radius 1 is 1.20 bits per heavy atom. The van der Waals surface area contributed by atoms with Gasteiger partial charge in [-0.1, -0.05) is 0 Å². The average Bonchev–Trinajstić information content (AvgIpc) is 3.37. The lowest BCUT2D eigenvalue weighted by Crippen LogP contribution is -2.26. The summed E-state index contributed by atoms with van der Waals surface area (Å²) in [5.41, 5.74) is 9.53. The molecule has 5 rings (SSSR count). The topological polar surface area (TPSA) is 103 Å². The number of furan rings is 1. The largest absolute Gasteiger partial charge is 0.452 e. The average molecular weight is 420 g/mol. The number of thiophene rings is 1. The first-order valence-corrected chi connectivity index (χ1v) is 10.4. The van der Waals surface area contributed by atoms with Crippen molar-refractivity contribution in [3.63, 3.8) is 0 Å². The van der Waals surface area contributed by atoms with Gasteiger partial charge in [-0.05, 0) is 32.9 Å². The zero-order chi connectivity index (χ0) is 21.0. The highest BCUT2D eigenvalue weighted by atomic mass is 32.1. The van der Waals surface area contributed by atoms with E-state index in [1.165, 1.54) is 0 Å².